The van der Waals surface area contributed by atoms with E-state index in [-0.39, 0.29) is 5.91 Å². The molecule has 118 valence electrons. The van der Waals surface area contributed by atoms with Gasteiger partial charge in [0.25, 0.3) is 5.91 Å². The van der Waals surface area contributed by atoms with Crippen molar-refractivity contribution in [1.29, 1.82) is 0 Å². The molecular weight excluding hydrogens is 280 g/mol. The number of carbonyl (C=O) groups excluding carboxylic acids is 1. The monoisotopic (exact) mass is 302 g/mol. The van der Waals surface area contributed by atoms with E-state index in [4.69, 9.17) is 4.74 Å². The topological polar surface area (TPSA) is 53.0 Å². The van der Waals surface area contributed by atoms with E-state index in [2.05, 4.69) is 4.90 Å². The maximum Gasteiger partial charge on any atom is 0.252 e. The molecule has 5 heteroatoms. The zero-order chi connectivity index (χ0) is 15.4. The average molecular weight is 302 g/mol. The third-order valence-electron chi connectivity index (χ3n) is 4.18. The first kappa shape index (κ1) is 14.9. The second kappa shape index (κ2) is 6.83. The molecule has 5 nitrogen and oxygen atoms in total. The Labute approximate surface area is 130 Å². The summed E-state index contributed by atoms with van der Waals surface area (Å²) in [7, 11) is 0. The van der Waals surface area contributed by atoms with Crippen LogP contribution in [0.15, 0.2) is 36.1 Å². The number of nitrogens with zero attached hydrogens (tertiary/aromatic N) is 2. The van der Waals surface area contributed by atoms with E-state index < -0.39 is 0 Å². The van der Waals surface area contributed by atoms with E-state index in [0.29, 0.717) is 12.4 Å². The van der Waals surface area contributed by atoms with E-state index in [1.54, 1.807) is 18.4 Å². The first-order valence-corrected chi connectivity index (χ1v) is 7.82. The molecule has 2 heterocycles. The van der Waals surface area contributed by atoms with Crippen molar-refractivity contribution in [2.24, 2.45) is 0 Å². The number of phenolic OH excluding ortho intramolecular Hbond substituents is 1. The predicted octanol–water partition coefficient (Wildman–Crippen LogP) is 1.73. The van der Waals surface area contributed by atoms with Gasteiger partial charge in [0.1, 0.15) is 5.75 Å². The van der Waals surface area contributed by atoms with Gasteiger partial charge in [-0.05, 0) is 30.5 Å². The Morgan fingerprint density at radius 1 is 1.23 bits per heavy atom. The molecule has 1 amide bonds. The number of phenols is 1. The van der Waals surface area contributed by atoms with Crippen molar-refractivity contribution >= 4 is 5.91 Å². The number of hydrogen-bond donors (Lipinski definition) is 1. The lowest BCUT2D eigenvalue weighted by molar-refractivity contribution is -0.129. The maximum atomic E-state index is 12.4. The molecule has 0 radical (unpaired) electrons. The highest BCUT2D eigenvalue weighted by molar-refractivity contribution is 5.93. The normalized spacial score (nSPS) is 19.5. The number of benzene rings is 1. The first-order chi connectivity index (χ1) is 10.7. The summed E-state index contributed by atoms with van der Waals surface area (Å²) in [6.45, 7) is 4.73. The van der Waals surface area contributed by atoms with Gasteiger partial charge in [-0.25, -0.2) is 0 Å². The van der Waals surface area contributed by atoms with Gasteiger partial charge in [-0.3, -0.25) is 9.69 Å². The number of carbonyl (C=O) groups is 1. The number of amides is 1. The van der Waals surface area contributed by atoms with Crippen LogP contribution >= 0.6 is 0 Å². The molecule has 1 aromatic rings. The summed E-state index contributed by atoms with van der Waals surface area (Å²) in [5.41, 5.74) is 1.90. The molecule has 1 N–H and O–H groups in total. The van der Waals surface area contributed by atoms with Gasteiger partial charge < -0.3 is 14.7 Å². The zero-order valence-corrected chi connectivity index (χ0v) is 12.7. The van der Waals surface area contributed by atoms with Gasteiger partial charge in [0.05, 0.1) is 18.4 Å². The third kappa shape index (κ3) is 3.60. The number of hydrogen-bond acceptors (Lipinski definition) is 4. The smallest absolute Gasteiger partial charge is 0.252 e. The van der Waals surface area contributed by atoms with Crippen molar-refractivity contribution in [3.63, 3.8) is 0 Å². The van der Waals surface area contributed by atoms with E-state index in [1.165, 1.54) is 0 Å². The summed E-state index contributed by atoms with van der Waals surface area (Å²) in [6, 6.07) is 7.35. The second-order valence-electron chi connectivity index (χ2n) is 5.86. The van der Waals surface area contributed by atoms with Crippen molar-refractivity contribution in [2.45, 2.75) is 19.4 Å². The lowest BCUT2D eigenvalue weighted by Crippen LogP contribution is -2.48. The minimum absolute atomic E-state index is 0.122. The first-order valence-electron chi connectivity index (χ1n) is 7.82. The molecule has 0 aromatic heterocycles. The Morgan fingerprint density at radius 2 is 2.05 bits per heavy atom. The van der Waals surface area contributed by atoms with Crippen molar-refractivity contribution in [1.82, 2.24) is 9.80 Å². The van der Waals surface area contributed by atoms with Gasteiger partial charge in [-0.2, -0.15) is 0 Å². The molecule has 22 heavy (non-hydrogen) atoms. The van der Waals surface area contributed by atoms with Gasteiger partial charge in [-0.15, -0.1) is 0 Å². The Hall–Kier alpha value is -2.01. The molecule has 0 unspecified atom stereocenters. The summed E-state index contributed by atoms with van der Waals surface area (Å²) in [5.74, 6) is 0.423. The van der Waals surface area contributed by atoms with Crippen LogP contribution in [0.5, 0.6) is 5.75 Å². The minimum atomic E-state index is 0.122. The molecule has 1 saturated heterocycles. The molecule has 0 saturated carbocycles. The van der Waals surface area contributed by atoms with E-state index in [0.717, 1.165) is 56.7 Å². The standard InChI is InChI=1S/C17H22N2O3/c20-16-5-1-3-14(11-16)12-18-6-8-19(9-7-18)17(21)15-4-2-10-22-13-15/h1,3,5,11,13,20H,2,4,6-10,12H2. The van der Waals surface area contributed by atoms with Crippen molar-refractivity contribution in [3.05, 3.63) is 41.7 Å². The molecule has 2 aliphatic rings. The van der Waals surface area contributed by atoms with Gasteiger partial charge >= 0.3 is 0 Å². The van der Waals surface area contributed by atoms with Crippen LogP contribution in [0.2, 0.25) is 0 Å². The molecular formula is C17H22N2O3. The molecule has 0 bridgehead atoms. The van der Waals surface area contributed by atoms with Crippen LogP contribution in [-0.4, -0.2) is 53.6 Å². The Kier molecular flexibility index (Phi) is 4.63. The highest BCUT2D eigenvalue weighted by Crippen LogP contribution is 2.17. The van der Waals surface area contributed by atoms with E-state index in [1.807, 2.05) is 17.0 Å². The van der Waals surface area contributed by atoms with Gasteiger partial charge in [0.15, 0.2) is 0 Å². The highest BCUT2D eigenvalue weighted by atomic mass is 16.5. The Bertz CT molecular complexity index is 563. The van der Waals surface area contributed by atoms with Crippen LogP contribution in [0.3, 0.4) is 0 Å². The Morgan fingerprint density at radius 3 is 2.73 bits per heavy atom. The number of ether oxygens (including phenoxy) is 1. The van der Waals surface area contributed by atoms with Crippen LogP contribution in [0.4, 0.5) is 0 Å². The molecule has 0 spiro atoms. The molecule has 1 fully saturated rings. The summed E-state index contributed by atoms with van der Waals surface area (Å²) in [5, 5.41) is 9.51. The van der Waals surface area contributed by atoms with E-state index >= 15 is 0 Å². The summed E-state index contributed by atoms with van der Waals surface area (Å²) >= 11 is 0. The number of piperazine rings is 1. The van der Waals surface area contributed by atoms with Gasteiger partial charge in [0.2, 0.25) is 0 Å². The SMILES string of the molecule is O=C(C1=COCCC1)N1CCN(Cc2cccc(O)c2)CC1. The molecule has 3 rings (SSSR count). The minimum Gasteiger partial charge on any atom is -0.508 e. The van der Waals surface area contributed by atoms with Crippen molar-refractivity contribution in [3.8, 4) is 5.75 Å². The Balaban J connectivity index is 1.52. The lowest BCUT2D eigenvalue weighted by Gasteiger charge is -2.35. The highest BCUT2D eigenvalue weighted by Gasteiger charge is 2.24. The second-order valence-corrected chi connectivity index (χ2v) is 5.86. The predicted molar refractivity (Wildman–Crippen MR) is 83.2 cm³/mol. The van der Waals surface area contributed by atoms with Crippen LogP contribution < -0.4 is 0 Å². The fraction of sp³-hybridized carbons (Fsp3) is 0.471. The molecule has 1 aromatic carbocycles. The van der Waals surface area contributed by atoms with Gasteiger partial charge in [-0.1, -0.05) is 12.1 Å². The third-order valence-corrected chi connectivity index (χ3v) is 4.18. The summed E-state index contributed by atoms with van der Waals surface area (Å²) < 4.78 is 5.26. The molecule has 0 atom stereocenters. The van der Waals surface area contributed by atoms with E-state index in [9.17, 15) is 9.90 Å². The fourth-order valence-corrected chi connectivity index (χ4v) is 2.95. The zero-order valence-electron chi connectivity index (χ0n) is 12.7. The van der Waals surface area contributed by atoms with Crippen molar-refractivity contribution in [2.75, 3.05) is 32.8 Å². The fourth-order valence-electron chi connectivity index (χ4n) is 2.95. The number of aromatic hydroxyl groups is 1. The quantitative estimate of drug-likeness (QED) is 0.924. The van der Waals surface area contributed by atoms with Gasteiger partial charge in [0, 0.05) is 32.7 Å². The van der Waals surface area contributed by atoms with Crippen molar-refractivity contribution < 1.29 is 14.6 Å². The maximum absolute atomic E-state index is 12.4. The van der Waals surface area contributed by atoms with Crippen LogP contribution in [0.25, 0.3) is 0 Å². The van der Waals surface area contributed by atoms with Crippen LogP contribution in [0.1, 0.15) is 18.4 Å². The molecule has 0 aliphatic carbocycles. The molecule has 2 aliphatic heterocycles. The van der Waals surface area contributed by atoms with Crippen LogP contribution in [0, 0.1) is 0 Å². The lowest BCUT2D eigenvalue weighted by atomic mass is 10.1. The van der Waals surface area contributed by atoms with Crippen LogP contribution in [-0.2, 0) is 16.1 Å². The largest absolute Gasteiger partial charge is 0.508 e. The number of rotatable bonds is 3. The summed E-state index contributed by atoms with van der Waals surface area (Å²) in [6.07, 6.45) is 3.38. The summed E-state index contributed by atoms with van der Waals surface area (Å²) in [4.78, 5) is 16.6. The average Bonchev–Trinajstić information content (AvgIpc) is 2.56.